The summed E-state index contributed by atoms with van der Waals surface area (Å²) in [5.74, 6) is 0.220. The molecule has 20 heavy (non-hydrogen) atoms. The molecule has 0 bridgehead atoms. The van der Waals surface area contributed by atoms with E-state index in [0.717, 1.165) is 11.3 Å². The van der Waals surface area contributed by atoms with Gasteiger partial charge in [0.2, 0.25) is 11.8 Å². The number of carbonyl (C=O) groups excluding carboxylic acids is 1. The molecule has 0 saturated carbocycles. The van der Waals surface area contributed by atoms with Gasteiger partial charge < -0.3 is 4.52 Å². The molecule has 0 fully saturated rings. The molecule has 1 aromatic heterocycles. The standard InChI is InChI=1S/C15H19N3O2/c1-10-9-14(20-18-10)17-15(19)12(3)16-11(2)13-7-5-4-6-8-13/h4-9,11-12,16H,1-3H3,(H,17,19)/t11-,12+/m0/s1. The number of hydrogen-bond donors (Lipinski definition) is 2. The van der Waals surface area contributed by atoms with Crippen LogP contribution in [0.4, 0.5) is 5.88 Å². The van der Waals surface area contributed by atoms with Crippen LogP contribution >= 0.6 is 0 Å². The molecule has 106 valence electrons. The fourth-order valence-corrected chi connectivity index (χ4v) is 1.94. The van der Waals surface area contributed by atoms with Crippen molar-refractivity contribution < 1.29 is 9.32 Å². The van der Waals surface area contributed by atoms with E-state index in [0.29, 0.717) is 5.88 Å². The van der Waals surface area contributed by atoms with Crippen LogP contribution in [0, 0.1) is 6.92 Å². The van der Waals surface area contributed by atoms with Crippen molar-refractivity contribution in [1.82, 2.24) is 10.5 Å². The highest BCUT2D eigenvalue weighted by Crippen LogP contribution is 2.13. The van der Waals surface area contributed by atoms with E-state index in [1.165, 1.54) is 0 Å². The maximum Gasteiger partial charge on any atom is 0.243 e. The maximum atomic E-state index is 12.0. The number of aryl methyl sites for hydroxylation is 1. The molecule has 2 atom stereocenters. The van der Waals surface area contributed by atoms with Gasteiger partial charge in [0.05, 0.1) is 11.7 Å². The minimum atomic E-state index is -0.337. The Morgan fingerprint density at radius 2 is 1.95 bits per heavy atom. The topological polar surface area (TPSA) is 67.2 Å². The zero-order chi connectivity index (χ0) is 14.5. The molecule has 0 radical (unpaired) electrons. The minimum Gasteiger partial charge on any atom is -0.338 e. The average Bonchev–Trinajstić information content (AvgIpc) is 2.85. The summed E-state index contributed by atoms with van der Waals surface area (Å²) < 4.78 is 4.96. The molecular formula is C15H19N3O2. The Morgan fingerprint density at radius 3 is 2.55 bits per heavy atom. The first-order valence-corrected chi connectivity index (χ1v) is 6.61. The third-order valence-corrected chi connectivity index (χ3v) is 3.07. The van der Waals surface area contributed by atoms with Crippen LogP contribution in [-0.2, 0) is 4.79 Å². The Morgan fingerprint density at radius 1 is 1.25 bits per heavy atom. The Bertz CT molecular complexity index is 566. The molecule has 1 amide bonds. The van der Waals surface area contributed by atoms with Crippen molar-refractivity contribution in [3.8, 4) is 0 Å². The quantitative estimate of drug-likeness (QED) is 0.879. The van der Waals surface area contributed by atoms with E-state index in [9.17, 15) is 4.79 Å². The molecule has 0 spiro atoms. The summed E-state index contributed by atoms with van der Waals surface area (Å²) in [6.45, 7) is 5.65. The van der Waals surface area contributed by atoms with Crippen molar-refractivity contribution in [2.45, 2.75) is 32.9 Å². The highest BCUT2D eigenvalue weighted by molar-refractivity contribution is 5.93. The van der Waals surface area contributed by atoms with Crippen molar-refractivity contribution >= 4 is 11.8 Å². The molecule has 0 saturated heterocycles. The van der Waals surface area contributed by atoms with E-state index in [4.69, 9.17) is 4.52 Å². The molecule has 2 rings (SSSR count). The number of aromatic nitrogens is 1. The van der Waals surface area contributed by atoms with Crippen LogP contribution in [0.1, 0.15) is 31.1 Å². The Kier molecular flexibility index (Phi) is 4.53. The monoisotopic (exact) mass is 273 g/mol. The summed E-state index contributed by atoms with van der Waals surface area (Å²) in [6.07, 6.45) is 0. The molecule has 0 aliphatic carbocycles. The number of anilines is 1. The van der Waals surface area contributed by atoms with Crippen molar-refractivity contribution in [3.63, 3.8) is 0 Å². The molecule has 0 aliphatic rings. The number of carbonyl (C=O) groups is 1. The van der Waals surface area contributed by atoms with Crippen molar-refractivity contribution in [3.05, 3.63) is 47.7 Å². The van der Waals surface area contributed by atoms with E-state index in [2.05, 4.69) is 15.8 Å². The summed E-state index contributed by atoms with van der Waals surface area (Å²) >= 11 is 0. The Hall–Kier alpha value is -2.14. The minimum absolute atomic E-state index is 0.0911. The number of nitrogens with one attached hydrogen (secondary N) is 2. The molecule has 5 nitrogen and oxygen atoms in total. The highest BCUT2D eigenvalue weighted by Gasteiger charge is 2.17. The summed E-state index contributed by atoms with van der Waals surface area (Å²) in [4.78, 5) is 12.0. The van der Waals surface area contributed by atoms with E-state index < -0.39 is 0 Å². The van der Waals surface area contributed by atoms with Gasteiger partial charge in [0.25, 0.3) is 0 Å². The largest absolute Gasteiger partial charge is 0.338 e. The number of rotatable bonds is 5. The Balaban J connectivity index is 1.91. The van der Waals surface area contributed by atoms with Gasteiger partial charge >= 0.3 is 0 Å². The molecule has 5 heteroatoms. The number of benzene rings is 1. The van der Waals surface area contributed by atoms with Gasteiger partial charge in [-0.15, -0.1) is 0 Å². The molecule has 2 N–H and O–H groups in total. The molecule has 0 unspecified atom stereocenters. The lowest BCUT2D eigenvalue weighted by atomic mass is 10.1. The fraction of sp³-hybridized carbons (Fsp3) is 0.333. The smallest absolute Gasteiger partial charge is 0.243 e. The molecule has 0 aliphatic heterocycles. The van der Waals surface area contributed by atoms with E-state index in [1.807, 2.05) is 44.2 Å². The summed E-state index contributed by atoms with van der Waals surface area (Å²) in [7, 11) is 0. The lowest BCUT2D eigenvalue weighted by Crippen LogP contribution is -2.39. The van der Waals surface area contributed by atoms with Crippen LogP contribution < -0.4 is 10.6 Å². The lowest BCUT2D eigenvalue weighted by Gasteiger charge is -2.19. The number of nitrogens with zero attached hydrogens (tertiary/aromatic N) is 1. The van der Waals surface area contributed by atoms with Crippen LogP contribution in [-0.4, -0.2) is 17.1 Å². The predicted octanol–water partition coefficient (Wildman–Crippen LogP) is 2.66. The van der Waals surface area contributed by atoms with Crippen LogP contribution in [0.5, 0.6) is 0 Å². The first-order chi connectivity index (χ1) is 9.56. The molecule has 2 aromatic rings. The molecular weight excluding hydrogens is 254 g/mol. The second-order valence-electron chi connectivity index (χ2n) is 4.84. The zero-order valence-electron chi connectivity index (χ0n) is 11.9. The van der Waals surface area contributed by atoms with E-state index in [-0.39, 0.29) is 18.0 Å². The van der Waals surface area contributed by atoms with Gasteiger partial charge in [-0.1, -0.05) is 35.5 Å². The third kappa shape index (κ3) is 3.68. The average molecular weight is 273 g/mol. The summed E-state index contributed by atoms with van der Waals surface area (Å²) in [6, 6.07) is 11.4. The normalized spacial score (nSPS) is 13.8. The van der Waals surface area contributed by atoms with Gasteiger partial charge in [-0.3, -0.25) is 15.4 Å². The second kappa shape index (κ2) is 6.34. The van der Waals surface area contributed by atoms with Gasteiger partial charge in [-0.2, -0.15) is 0 Å². The van der Waals surface area contributed by atoms with Gasteiger partial charge in [-0.05, 0) is 26.3 Å². The van der Waals surface area contributed by atoms with Gasteiger partial charge in [0, 0.05) is 12.1 Å². The van der Waals surface area contributed by atoms with Crippen LogP contribution in [0.15, 0.2) is 40.9 Å². The zero-order valence-corrected chi connectivity index (χ0v) is 11.9. The number of hydrogen-bond acceptors (Lipinski definition) is 4. The van der Waals surface area contributed by atoms with Gasteiger partial charge in [0.15, 0.2) is 0 Å². The first-order valence-electron chi connectivity index (χ1n) is 6.61. The fourth-order valence-electron chi connectivity index (χ4n) is 1.94. The molecule has 1 aromatic carbocycles. The lowest BCUT2D eigenvalue weighted by molar-refractivity contribution is -0.118. The van der Waals surface area contributed by atoms with Crippen LogP contribution in [0.2, 0.25) is 0 Å². The third-order valence-electron chi connectivity index (χ3n) is 3.07. The van der Waals surface area contributed by atoms with Crippen molar-refractivity contribution in [2.24, 2.45) is 0 Å². The van der Waals surface area contributed by atoms with Crippen LogP contribution in [0.3, 0.4) is 0 Å². The highest BCUT2D eigenvalue weighted by atomic mass is 16.5. The Labute approximate surface area is 118 Å². The van der Waals surface area contributed by atoms with E-state index >= 15 is 0 Å². The van der Waals surface area contributed by atoms with Gasteiger partial charge in [-0.25, -0.2) is 0 Å². The number of amides is 1. The molecule has 1 heterocycles. The summed E-state index contributed by atoms with van der Waals surface area (Å²) in [5.41, 5.74) is 1.88. The predicted molar refractivity (Wildman–Crippen MR) is 77.3 cm³/mol. The van der Waals surface area contributed by atoms with Crippen molar-refractivity contribution in [2.75, 3.05) is 5.32 Å². The van der Waals surface area contributed by atoms with Crippen molar-refractivity contribution in [1.29, 1.82) is 0 Å². The van der Waals surface area contributed by atoms with Gasteiger partial charge in [0.1, 0.15) is 0 Å². The summed E-state index contributed by atoms with van der Waals surface area (Å²) in [5, 5.41) is 9.66. The van der Waals surface area contributed by atoms with E-state index in [1.54, 1.807) is 13.0 Å². The first kappa shape index (κ1) is 14.3. The van der Waals surface area contributed by atoms with Crippen LogP contribution in [0.25, 0.3) is 0 Å². The SMILES string of the molecule is Cc1cc(NC(=O)[C@@H](C)N[C@@H](C)c2ccccc2)on1. The maximum absolute atomic E-state index is 12.0. The second-order valence-corrected chi connectivity index (χ2v) is 4.84.